The largest absolute Gasteiger partial charge is 0.244 e. The van der Waals surface area contributed by atoms with E-state index in [2.05, 4.69) is 6.92 Å². The van der Waals surface area contributed by atoms with Crippen molar-refractivity contribution >= 4 is 0 Å². The molecule has 1 saturated carbocycles. The Labute approximate surface area is 94.6 Å². The van der Waals surface area contributed by atoms with E-state index in [1.54, 1.807) is 0 Å². The minimum Gasteiger partial charge on any atom is -0.244 e. The Kier molecular flexibility index (Phi) is 6.28. The third-order valence-corrected chi connectivity index (χ3v) is 3.73. The third kappa shape index (κ3) is 5.53. The maximum Gasteiger partial charge on any atom is 0.111 e. The van der Waals surface area contributed by atoms with E-state index >= 15 is 0 Å². The molecule has 0 aromatic heterocycles. The standard InChI is InChI=1S/C14H27F/c1-2-3-4-5-6-8-11-14(15)12-9-7-10-13-14/h2-13H2,1H3. The molecule has 0 bridgehead atoms. The SMILES string of the molecule is CCCCCCCCC1(F)CCCCC1. The molecule has 1 heteroatoms. The summed E-state index contributed by atoms with van der Waals surface area (Å²) in [6, 6.07) is 0. The van der Waals surface area contributed by atoms with Crippen molar-refractivity contribution in [1.82, 2.24) is 0 Å². The zero-order valence-electron chi connectivity index (χ0n) is 10.4. The Bertz CT molecular complexity index is 147. The van der Waals surface area contributed by atoms with Gasteiger partial charge in [0.05, 0.1) is 0 Å². The summed E-state index contributed by atoms with van der Waals surface area (Å²) < 4.78 is 14.1. The van der Waals surface area contributed by atoms with Crippen molar-refractivity contribution in [1.29, 1.82) is 0 Å². The van der Waals surface area contributed by atoms with Crippen LogP contribution in [0, 0.1) is 0 Å². The highest BCUT2D eigenvalue weighted by atomic mass is 19.1. The number of rotatable bonds is 7. The molecule has 15 heavy (non-hydrogen) atoms. The summed E-state index contributed by atoms with van der Waals surface area (Å²) in [6.07, 6.45) is 13.6. The van der Waals surface area contributed by atoms with Crippen LogP contribution >= 0.6 is 0 Å². The highest BCUT2D eigenvalue weighted by Gasteiger charge is 2.30. The quantitative estimate of drug-likeness (QED) is 0.497. The first-order valence-corrected chi connectivity index (χ1v) is 6.96. The first kappa shape index (κ1) is 13.0. The van der Waals surface area contributed by atoms with Crippen molar-refractivity contribution in [3.8, 4) is 0 Å². The van der Waals surface area contributed by atoms with E-state index in [1.807, 2.05) is 0 Å². The predicted molar refractivity (Wildman–Crippen MR) is 64.9 cm³/mol. The van der Waals surface area contributed by atoms with Gasteiger partial charge in [-0.05, 0) is 19.3 Å². The summed E-state index contributed by atoms with van der Waals surface area (Å²) in [7, 11) is 0. The zero-order valence-corrected chi connectivity index (χ0v) is 10.4. The van der Waals surface area contributed by atoms with Gasteiger partial charge in [0.1, 0.15) is 5.67 Å². The lowest BCUT2D eigenvalue weighted by atomic mass is 9.83. The molecule has 0 amide bonds. The summed E-state index contributed by atoms with van der Waals surface area (Å²) >= 11 is 0. The summed E-state index contributed by atoms with van der Waals surface area (Å²) in [5.41, 5.74) is -0.775. The van der Waals surface area contributed by atoms with Crippen molar-refractivity contribution in [2.45, 2.75) is 89.6 Å². The molecule has 0 spiro atoms. The van der Waals surface area contributed by atoms with Crippen LogP contribution in [0.25, 0.3) is 0 Å². The molecule has 0 atom stereocenters. The van der Waals surface area contributed by atoms with Crippen LogP contribution in [0.5, 0.6) is 0 Å². The minimum absolute atomic E-state index is 0.775. The molecule has 1 aliphatic carbocycles. The normalized spacial score (nSPS) is 20.4. The second-order valence-corrected chi connectivity index (χ2v) is 5.23. The van der Waals surface area contributed by atoms with Gasteiger partial charge in [0.15, 0.2) is 0 Å². The van der Waals surface area contributed by atoms with Gasteiger partial charge >= 0.3 is 0 Å². The molecular weight excluding hydrogens is 187 g/mol. The van der Waals surface area contributed by atoms with Gasteiger partial charge in [0, 0.05) is 0 Å². The first-order valence-electron chi connectivity index (χ1n) is 6.96. The molecule has 0 aromatic rings. The van der Waals surface area contributed by atoms with Crippen molar-refractivity contribution in [3.05, 3.63) is 0 Å². The molecule has 0 aliphatic heterocycles. The van der Waals surface area contributed by atoms with Gasteiger partial charge in [-0.3, -0.25) is 0 Å². The van der Waals surface area contributed by atoms with Gasteiger partial charge in [-0.1, -0.05) is 64.7 Å². The number of alkyl halides is 1. The van der Waals surface area contributed by atoms with E-state index in [0.717, 1.165) is 38.5 Å². The van der Waals surface area contributed by atoms with Gasteiger partial charge in [-0.2, -0.15) is 0 Å². The van der Waals surface area contributed by atoms with Crippen LogP contribution in [0.3, 0.4) is 0 Å². The molecule has 1 aliphatic rings. The number of hydrogen-bond acceptors (Lipinski definition) is 0. The monoisotopic (exact) mass is 214 g/mol. The Hall–Kier alpha value is -0.0700. The second kappa shape index (κ2) is 7.24. The Morgan fingerprint density at radius 2 is 1.47 bits per heavy atom. The molecule has 0 nitrogen and oxygen atoms in total. The predicted octanol–water partition coefficient (Wildman–Crippen LogP) is 5.41. The minimum atomic E-state index is -0.775. The lowest BCUT2D eigenvalue weighted by molar-refractivity contribution is 0.0928. The summed E-state index contributed by atoms with van der Waals surface area (Å²) in [5.74, 6) is 0. The van der Waals surface area contributed by atoms with Crippen LogP contribution < -0.4 is 0 Å². The van der Waals surface area contributed by atoms with E-state index in [-0.39, 0.29) is 0 Å². The van der Waals surface area contributed by atoms with Crippen LogP contribution in [-0.2, 0) is 0 Å². The summed E-state index contributed by atoms with van der Waals surface area (Å²) in [4.78, 5) is 0. The molecule has 0 N–H and O–H groups in total. The van der Waals surface area contributed by atoms with Gasteiger partial charge < -0.3 is 0 Å². The van der Waals surface area contributed by atoms with Gasteiger partial charge in [0.2, 0.25) is 0 Å². The molecule has 0 unspecified atom stereocenters. The van der Waals surface area contributed by atoms with E-state index in [4.69, 9.17) is 0 Å². The van der Waals surface area contributed by atoms with Crippen molar-refractivity contribution in [2.75, 3.05) is 0 Å². The lowest BCUT2D eigenvalue weighted by Crippen LogP contribution is -2.25. The van der Waals surface area contributed by atoms with E-state index in [0.29, 0.717) is 0 Å². The summed E-state index contributed by atoms with van der Waals surface area (Å²) in [6.45, 7) is 2.23. The van der Waals surface area contributed by atoms with Crippen molar-refractivity contribution in [2.24, 2.45) is 0 Å². The van der Waals surface area contributed by atoms with Gasteiger partial charge in [-0.15, -0.1) is 0 Å². The third-order valence-electron chi connectivity index (χ3n) is 3.73. The average Bonchev–Trinajstić information content (AvgIpc) is 2.24. The Morgan fingerprint density at radius 1 is 0.867 bits per heavy atom. The van der Waals surface area contributed by atoms with E-state index in [1.165, 1.54) is 38.5 Å². The topological polar surface area (TPSA) is 0 Å². The number of unbranched alkanes of at least 4 members (excludes halogenated alkanes) is 5. The van der Waals surface area contributed by atoms with Crippen LogP contribution in [-0.4, -0.2) is 5.67 Å². The molecular formula is C14H27F. The Morgan fingerprint density at radius 3 is 2.13 bits per heavy atom. The van der Waals surface area contributed by atoms with Crippen LogP contribution in [0.4, 0.5) is 4.39 Å². The smallest absolute Gasteiger partial charge is 0.111 e. The van der Waals surface area contributed by atoms with E-state index < -0.39 is 5.67 Å². The number of halogens is 1. The maximum absolute atomic E-state index is 14.1. The average molecular weight is 214 g/mol. The van der Waals surface area contributed by atoms with Gasteiger partial charge in [0.25, 0.3) is 0 Å². The van der Waals surface area contributed by atoms with Gasteiger partial charge in [-0.25, -0.2) is 4.39 Å². The first-order chi connectivity index (χ1) is 7.27. The molecule has 0 saturated heterocycles. The molecule has 90 valence electrons. The van der Waals surface area contributed by atoms with Crippen molar-refractivity contribution in [3.63, 3.8) is 0 Å². The highest BCUT2D eigenvalue weighted by Crippen LogP contribution is 2.36. The molecule has 0 radical (unpaired) electrons. The maximum atomic E-state index is 14.1. The fourth-order valence-electron chi connectivity index (χ4n) is 2.66. The van der Waals surface area contributed by atoms with Crippen LogP contribution in [0.2, 0.25) is 0 Å². The van der Waals surface area contributed by atoms with E-state index in [9.17, 15) is 4.39 Å². The van der Waals surface area contributed by atoms with Crippen LogP contribution in [0.15, 0.2) is 0 Å². The molecule has 0 aromatic carbocycles. The fourth-order valence-corrected chi connectivity index (χ4v) is 2.66. The lowest BCUT2D eigenvalue weighted by Gasteiger charge is -2.29. The summed E-state index contributed by atoms with van der Waals surface area (Å²) in [5, 5.41) is 0. The second-order valence-electron chi connectivity index (χ2n) is 5.23. The Balaban J connectivity index is 1.98. The van der Waals surface area contributed by atoms with Crippen LogP contribution in [0.1, 0.15) is 84.0 Å². The molecule has 1 rings (SSSR count). The highest BCUT2D eigenvalue weighted by molar-refractivity contribution is 4.82. The number of hydrogen-bond donors (Lipinski definition) is 0. The zero-order chi connectivity index (χ0) is 11.0. The fraction of sp³-hybridized carbons (Fsp3) is 1.00. The molecule has 0 heterocycles. The molecule has 1 fully saturated rings. The van der Waals surface area contributed by atoms with Crippen molar-refractivity contribution < 1.29 is 4.39 Å².